The van der Waals surface area contributed by atoms with E-state index in [1.165, 1.54) is 10.6 Å². The van der Waals surface area contributed by atoms with Crippen molar-refractivity contribution in [2.75, 3.05) is 19.8 Å². The largest absolute Gasteiger partial charge is 0.477 e. The molecule has 2 rings (SSSR count). The van der Waals surface area contributed by atoms with Gasteiger partial charge in [-0.1, -0.05) is 0 Å². The van der Waals surface area contributed by atoms with E-state index in [-0.39, 0.29) is 18.1 Å². The fraction of sp³-hybridized carbons (Fsp3) is 0.538. The van der Waals surface area contributed by atoms with Crippen LogP contribution in [0.3, 0.4) is 0 Å². The minimum atomic E-state index is -1.03. The van der Waals surface area contributed by atoms with Crippen LogP contribution in [0.4, 0.5) is 0 Å². The molecule has 0 saturated carbocycles. The Balaban J connectivity index is 1.80. The highest BCUT2D eigenvalue weighted by Crippen LogP contribution is 2.13. The van der Waals surface area contributed by atoms with Crippen LogP contribution in [0.25, 0.3) is 0 Å². The summed E-state index contributed by atoms with van der Waals surface area (Å²) in [6, 6.07) is 3.10. The molecule has 104 valence electrons. The van der Waals surface area contributed by atoms with Gasteiger partial charge in [0.25, 0.3) is 0 Å². The number of carbonyl (C=O) groups is 2. The van der Waals surface area contributed by atoms with Crippen LogP contribution in [0.2, 0.25) is 0 Å². The minimum absolute atomic E-state index is 0.0395. The molecule has 0 atom stereocenters. The van der Waals surface area contributed by atoms with Crippen molar-refractivity contribution in [3.63, 3.8) is 0 Å². The van der Waals surface area contributed by atoms with E-state index in [1.54, 1.807) is 12.3 Å². The number of hydrogen-bond donors (Lipinski definition) is 2. The molecular formula is C13H18N2O4. The van der Waals surface area contributed by atoms with Crippen LogP contribution in [-0.2, 0) is 16.1 Å². The van der Waals surface area contributed by atoms with Gasteiger partial charge in [0, 0.05) is 26.0 Å². The van der Waals surface area contributed by atoms with Crippen LogP contribution < -0.4 is 5.32 Å². The molecule has 0 spiro atoms. The number of carboxylic acid groups (broad SMARTS) is 1. The Kier molecular flexibility index (Phi) is 4.57. The molecule has 1 aromatic heterocycles. The average Bonchev–Trinajstić information content (AvgIpc) is 2.86. The number of aromatic nitrogens is 1. The number of aromatic carboxylic acids is 1. The van der Waals surface area contributed by atoms with Crippen LogP contribution in [-0.4, -0.2) is 41.3 Å². The molecule has 6 heteroatoms. The van der Waals surface area contributed by atoms with E-state index in [0.29, 0.717) is 12.5 Å². The Morgan fingerprint density at radius 2 is 2.16 bits per heavy atom. The molecular weight excluding hydrogens is 248 g/mol. The summed E-state index contributed by atoms with van der Waals surface area (Å²) >= 11 is 0. The summed E-state index contributed by atoms with van der Waals surface area (Å²) in [6.45, 7) is 2.17. The number of nitrogens with zero attached hydrogens (tertiary/aromatic N) is 1. The number of hydrogen-bond acceptors (Lipinski definition) is 3. The third-order valence-electron chi connectivity index (χ3n) is 3.29. The summed E-state index contributed by atoms with van der Waals surface area (Å²) < 4.78 is 6.68. The molecule has 1 aromatic rings. The molecule has 2 N–H and O–H groups in total. The van der Waals surface area contributed by atoms with E-state index in [0.717, 1.165) is 26.1 Å². The predicted octanol–water partition coefficient (Wildman–Crippen LogP) is 0.729. The fourth-order valence-electron chi connectivity index (χ4n) is 2.17. The van der Waals surface area contributed by atoms with Crippen LogP contribution >= 0.6 is 0 Å². The first-order chi connectivity index (χ1) is 9.16. The highest BCUT2D eigenvalue weighted by Gasteiger charge is 2.16. The molecule has 1 aliphatic rings. The predicted molar refractivity (Wildman–Crippen MR) is 67.9 cm³/mol. The van der Waals surface area contributed by atoms with Gasteiger partial charge in [0.15, 0.2) is 0 Å². The Hall–Kier alpha value is -1.82. The van der Waals surface area contributed by atoms with Gasteiger partial charge in [-0.15, -0.1) is 0 Å². The van der Waals surface area contributed by atoms with E-state index >= 15 is 0 Å². The maximum Gasteiger partial charge on any atom is 0.352 e. The van der Waals surface area contributed by atoms with Gasteiger partial charge in [0.1, 0.15) is 12.2 Å². The molecule has 1 saturated heterocycles. The third kappa shape index (κ3) is 3.82. The molecule has 0 unspecified atom stereocenters. The van der Waals surface area contributed by atoms with Gasteiger partial charge >= 0.3 is 5.97 Å². The van der Waals surface area contributed by atoms with Gasteiger partial charge in [-0.3, -0.25) is 4.79 Å². The molecule has 0 aromatic carbocycles. The molecule has 19 heavy (non-hydrogen) atoms. The standard InChI is InChI=1S/C13H18N2O4/c16-12(14-8-10-3-6-19-7-4-10)9-15-5-1-2-11(15)13(17)18/h1-2,5,10H,3-4,6-9H2,(H,14,16)(H,17,18). The summed E-state index contributed by atoms with van der Waals surface area (Å²) in [4.78, 5) is 22.7. The van der Waals surface area contributed by atoms with Crippen molar-refractivity contribution in [1.82, 2.24) is 9.88 Å². The number of rotatable bonds is 5. The third-order valence-corrected chi connectivity index (χ3v) is 3.29. The van der Waals surface area contributed by atoms with E-state index in [4.69, 9.17) is 9.84 Å². The molecule has 2 heterocycles. The van der Waals surface area contributed by atoms with Crippen molar-refractivity contribution < 1.29 is 19.4 Å². The fourth-order valence-corrected chi connectivity index (χ4v) is 2.17. The Labute approximate surface area is 111 Å². The second kappa shape index (κ2) is 6.38. The van der Waals surface area contributed by atoms with Crippen molar-refractivity contribution in [3.05, 3.63) is 24.0 Å². The Morgan fingerprint density at radius 3 is 2.84 bits per heavy atom. The summed E-state index contributed by atoms with van der Waals surface area (Å²) in [5, 5.41) is 11.8. The quantitative estimate of drug-likeness (QED) is 0.823. The minimum Gasteiger partial charge on any atom is -0.477 e. The number of carboxylic acids is 1. The lowest BCUT2D eigenvalue weighted by Crippen LogP contribution is -2.34. The second-order valence-electron chi connectivity index (χ2n) is 4.69. The zero-order valence-corrected chi connectivity index (χ0v) is 10.7. The summed E-state index contributed by atoms with van der Waals surface area (Å²) in [5.74, 6) is -0.728. The van der Waals surface area contributed by atoms with Crippen molar-refractivity contribution in [2.45, 2.75) is 19.4 Å². The zero-order chi connectivity index (χ0) is 13.7. The van der Waals surface area contributed by atoms with Crippen LogP contribution in [0.1, 0.15) is 23.3 Å². The van der Waals surface area contributed by atoms with Gasteiger partial charge in [-0.25, -0.2) is 4.79 Å². The first-order valence-corrected chi connectivity index (χ1v) is 6.39. The molecule has 0 bridgehead atoms. The smallest absolute Gasteiger partial charge is 0.352 e. The average molecular weight is 266 g/mol. The number of ether oxygens (including phenoxy) is 1. The van der Waals surface area contributed by atoms with E-state index in [1.807, 2.05) is 0 Å². The van der Waals surface area contributed by atoms with E-state index in [9.17, 15) is 9.59 Å². The Morgan fingerprint density at radius 1 is 1.42 bits per heavy atom. The normalized spacial score (nSPS) is 16.2. The van der Waals surface area contributed by atoms with Gasteiger partial charge in [-0.05, 0) is 30.9 Å². The maximum absolute atomic E-state index is 11.8. The first kappa shape index (κ1) is 13.6. The van der Waals surface area contributed by atoms with Gasteiger partial charge in [0.05, 0.1) is 0 Å². The number of carbonyl (C=O) groups excluding carboxylic acids is 1. The number of amides is 1. The van der Waals surface area contributed by atoms with Crippen molar-refractivity contribution >= 4 is 11.9 Å². The van der Waals surface area contributed by atoms with Crippen LogP contribution in [0.15, 0.2) is 18.3 Å². The lowest BCUT2D eigenvalue weighted by molar-refractivity contribution is -0.122. The van der Waals surface area contributed by atoms with Crippen molar-refractivity contribution in [2.24, 2.45) is 5.92 Å². The maximum atomic E-state index is 11.8. The molecule has 1 aliphatic heterocycles. The van der Waals surface area contributed by atoms with E-state index in [2.05, 4.69) is 5.32 Å². The van der Waals surface area contributed by atoms with Crippen LogP contribution in [0.5, 0.6) is 0 Å². The van der Waals surface area contributed by atoms with Crippen LogP contribution in [0, 0.1) is 5.92 Å². The lowest BCUT2D eigenvalue weighted by atomic mass is 10.0. The van der Waals surface area contributed by atoms with Crippen molar-refractivity contribution in [3.8, 4) is 0 Å². The molecule has 6 nitrogen and oxygen atoms in total. The summed E-state index contributed by atoms with van der Waals surface area (Å²) in [5.41, 5.74) is 0.126. The summed E-state index contributed by atoms with van der Waals surface area (Å²) in [6.07, 6.45) is 3.52. The lowest BCUT2D eigenvalue weighted by Gasteiger charge is -2.22. The molecule has 1 fully saturated rings. The zero-order valence-electron chi connectivity index (χ0n) is 10.7. The van der Waals surface area contributed by atoms with Crippen molar-refractivity contribution in [1.29, 1.82) is 0 Å². The summed E-state index contributed by atoms with van der Waals surface area (Å²) in [7, 11) is 0. The SMILES string of the molecule is O=C(Cn1cccc1C(=O)O)NCC1CCOCC1. The topological polar surface area (TPSA) is 80.6 Å². The van der Waals surface area contributed by atoms with Gasteiger partial charge in [-0.2, -0.15) is 0 Å². The highest BCUT2D eigenvalue weighted by atomic mass is 16.5. The monoisotopic (exact) mass is 266 g/mol. The molecule has 0 radical (unpaired) electrons. The first-order valence-electron chi connectivity index (χ1n) is 6.39. The number of nitrogens with one attached hydrogen (secondary N) is 1. The molecule has 0 aliphatic carbocycles. The highest BCUT2D eigenvalue weighted by molar-refractivity contribution is 5.86. The second-order valence-corrected chi connectivity index (χ2v) is 4.69. The Bertz CT molecular complexity index is 449. The van der Waals surface area contributed by atoms with Gasteiger partial charge in [0.2, 0.25) is 5.91 Å². The van der Waals surface area contributed by atoms with E-state index < -0.39 is 5.97 Å². The van der Waals surface area contributed by atoms with Gasteiger partial charge < -0.3 is 19.7 Å². The molecule has 1 amide bonds.